The Morgan fingerprint density at radius 2 is 0.542 bits per heavy atom. The summed E-state index contributed by atoms with van der Waals surface area (Å²) >= 11 is 0. The van der Waals surface area contributed by atoms with Crippen molar-refractivity contribution in [3.05, 3.63) is 411 Å². The molecule has 0 bridgehead atoms. The molecule has 16 aromatic carbocycles. The lowest BCUT2D eigenvalue weighted by Crippen LogP contribution is -2.01. The summed E-state index contributed by atoms with van der Waals surface area (Å²) in [6.07, 6.45) is 0. The highest BCUT2D eigenvalue weighted by Gasteiger charge is 2.28. The van der Waals surface area contributed by atoms with E-state index in [0.717, 1.165) is 133 Å². The molecule has 22 rings (SSSR count). The van der Waals surface area contributed by atoms with Gasteiger partial charge in [-0.1, -0.05) is 285 Å². The van der Waals surface area contributed by atoms with Gasteiger partial charge >= 0.3 is 0 Å². The second-order valence-corrected chi connectivity index (χ2v) is 29.5. The Morgan fingerprint density at radius 3 is 1.02 bits per heavy atom. The van der Waals surface area contributed by atoms with Crippen LogP contribution in [0.15, 0.2) is 388 Å². The minimum Gasteiger partial charge on any atom is -0.309 e. The molecule has 12 nitrogen and oxygen atoms in total. The van der Waals surface area contributed by atoms with Crippen LogP contribution in [0.3, 0.4) is 0 Å². The summed E-state index contributed by atoms with van der Waals surface area (Å²) < 4.78 is 9.41. The highest BCUT2D eigenvalue weighted by atomic mass is 15.0. The Balaban J connectivity index is 0.000000148. The number of para-hydroxylation sites is 7. The second-order valence-electron chi connectivity index (χ2n) is 29.5. The lowest BCUT2D eigenvalue weighted by Gasteiger charge is -2.15. The first-order valence-electron chi connectivity index (χ1n) is 39.6. The Bertz CT molecular complexity index is 8030. The molecule has 0 spiro atoms. The number of hydrogen-bond acceptors (Lipinski definition) is 8. The summed E-state index contributed by atoms with van der Waals surface area (Å²) in [6.45, 7) is 0. The molecule has 0 radical (unpaired) electrons. The summed E-state index contributed by atoms with van der Waals surface area (Å²) in [4.78, 5) is 19.8. The summed E-state index contributed by atoms with van der Waals surface area (Å²) in [7, 11) is 0. The molecule has 556 valence electrons. The zero-order valence-electron chi connectivity index (χ0n) is 64.3. The van der Waals surface area contributed by atoms with Gasteiger partial charge in [-0.3, -0.25) is 0 Å². The molecule has 6 heterocycles. The number of hydrogen-bond donors (Lipinski definition) is 0. The number of nitrogens with zero attached hydrogens (tertiary/aromatic N) is 12. The van der Waals surface area contributed by atoms with Crippen molar-refractivity contribution in [2.45, 2.75) is 0 Å². The van der Waals surface area contributed by atoms with Gasteiger partial charge in [0.15, 0.2) is 11.6 Å². The molecule has 0 aliphatic rings. The maximum Gasteiger partial charge on any atom is 0.160 e. The molecule has 0 aliphatic carbocycles. The number of nitriles is 4. The minimum absolute atomic E-state index is 0.350. The maximum atomic E-state index is 11.0. The minimum atomic E-state index is 0.350. The Labute approximate surface area is 689 Å². The summed E-state index contributed by atoms with van der Waals surface area (Å²) in [5.74, 6) is 1.01. The van der Waals surface area contributed by atoms with Crippen LogP contribution in [0.2, 0.25) is 0 Å². The van der Waals surface area contributed by atoms with Crippen LogP contribution >= 0.6 is 0 Å². The van der Waals surface area contributed by atoms with E-state index in [1.165, 1.54) is 21.5 Å². The fourth-order valence-corrected chi connectivity index (χ4v) is 17.6. The third kappa shape index (κ3) is 11.8. The van der Waals surface area contributed by atoms with Crippen LogP contribution in [0.4, 0.5) is 0 Å². The van der Waals surface area contributed by atoms with Crippen LogP contribution in [-0.2, 0) is 0 Å². The predicted molar refractivity (Wildman–Crippen MR) is 484 cm³/mol. The molecule has 12 heteroatoms. The molecule has 6 aromatic heterocycles. The molecule has 0 unspecified atom stereocenters. The fraction of sp³-hybridized carbons (Fsp3) is 0. The molecule has 22 aromatic rings. The lowest BCUT2D eigenvalue weighted by molar-refractivity contribution is 1.17. The van der Waals surface area contributed by atoms with Crippen molar-refractivity contribution in [2.75, 3.05) is 0 Å². The van der Waals surface area contributed by atoms with Gasteiger partial charge in [0, 0.05) is 110 Å². The zero-order valence-corrected chi connectivity index (χ0v) is 64.3. The molecule has 0 saturated carbocycles. The molecule has 0 aliphatic heterocycles. The number of aromatic nitrogens is 8. The standard InChI is InChI=1S/2C54H32N6/c55-33-38-32-37(52-45(34-56)51(35-16-5-1-6-17-35)57-54(58-52)36-18-7-2-8-19-36)28-29-41(38)42-25-15-26-44-50-48(60(53(42)44)40-22-11-4-12-23-40)31-30-47-49(50)43-24-13-14-27-46(43)59(47)39-20-9-3-10-21-39;55-33-39-31-38(52-46(34-56)51(35-15-5-1-6-16-35)57-54(58-52)36-17-7-2-8-18-36)25-27-42(39)37-26-29-48-45(32-37)43-28-30-49-50(53(43)60(48)41-21-11-4-12-22-41)44-23-13-14-24-47(44)59(49)40-19-9-3-10-20-40/h2*1-32H. The van der Waals surface area contributed by atoms with Crippen molar-refractivity contribution in [2.24, 2.45) is 0 Å². The van der Waals surface area contributed by atoms with Crippen molar-refractivity contribution in [1.82, 2.24) is 38.2 Å². The van der Waals surface area contributed by atoms with Gasteiger partial charge in [-0.15, -0.1) is 0 Å². The highest BCUT2D eigenvalue weighted by molar-refractivity contribution is 6.31. The van der Waals surface area contributed by atoms with Gasteiger partial charge in [0.2, 0.25) is 0 Å². The molecular formula is C108H64N12. The average Bonchev–Trinajstić information content (AvgIpc) is 1.55. The van der Waals surface area contributed by atoms with Crippen LogP contribution < -0.4 is 0 Å². The number of benzene rings is 16. The van der Waals surface area contributed by atoms with Gasteiger partial charge in [-0.2, -0.15) is 21.0 Å². The van der Waals surface area contributed by atoms with E-state index in [-0.39, 0.29) is 0 Å². The van der Waals surface area contributed by atoms with Gasteiger partial charge in [-0.25, -0.2) is 19.9 Å². The first-order chi connectivity index (χ1) is 59.4. The second kappa shape index (κ2) is 29.7. The lowest BCUT2D eigenvalue weighted by atomic mass is 9.93. The van der Waals surface area contributed by atoms with E-state index in [4.69, 9.17) is 19.9 Å². The normalized spacial score (nSPS) is 11.3. The van der Waals surface area contributed by atoms with Crippen LogP contribution in [0, 0.1) is 45.3 Å². The van der Waals surface area contributed by atoms with Crippen molar-refractivity contribution in [1.29, 1.82) is 21.0 Å². The van der Waals surface area contributed by atoms with Gasteiger partial charge in [0.25, 0.3) is 0 Å². The third-order valence-electron chi connectivity index (χ3n) is 22.8. The first-order valence-corrected chi connectivity index (χ1v) is 39.6. The van der Waals surface area contributed by atoms with Gasteiger partial charge < -0.3 is 18.3 Å². The van der Waals surface area contributed by atoms with Crippen LogP contribution in [0.25, 0.3) is 200 Å². The van der Waals surface area contributed by atoms with Crippen molar-refractivity contribution < 1.29 is 0 Å². The van der Waals surface area contributed by atoms with E-state index in [0.29, 0.717) is 67.8 Å². The number of fused-ring (bicyclic) bond motifs is 14. The Morgan fingerprint density at radius 1 is 0.200 bits per heavy atom. The van der Waals surface area contributed by atoms with Gasteiger partial charge in [0.05, 0.1) is 90.2 Å². The Kier molecular flexibility index (Phi) is 17.5. The molecule has 0 N–H and O–H groups in total. The SMILES string of the molecule is N#Cc1cc(-c2nc(-c3ccccc3)nc(-c3ccccc3)c2C#N)ccc1-c1ccc2c(c1)c1ccc3c(c4ccccc4n3-c3ccccc3)c1n2-c1ccccc1.N#Cc1cc(-c2nc(-c3ccccc3)nc(-c3ccccc3)c2C#N)ccc1-c1cccc2c3c4c5ccccc5n(-c5ccccc5)c4ccc3n(-c3ccccc3)c12. The van der Waals surface area contributed by atoms with Crippen LogP contribution in [0.1, 0.15) is 22.3 Å². The summed E-state index contributed by atoms with van der Waals surface area (Å²) in [5, 5.41) is 52.1. The highest BCUT2D eigenvalue weighted by Crippen LogP contribution is 2.48. The van der Waals surface area contributed by atoms with Gasteiger partial charge in [-0.05, 0) is 114 Å². The van der Waals surface area contributed by atoms with E-state index in [1.807, 2.05) is 176 Å². The van der Waals surface area contributed by atoms with E-state index in [2.05, 4.69) is 255 Å². The van der Waals surface area contributed by atoms with E-state index in [1.54, 1.807) is 0 Å². The number of rotatable bonds is 12. The van der Waals surface area contributed by atoms with Crippen molar-refractivity contribution >= 4 is 87.2 Å². The summed E-state index contributed by atoms with van der Waals surface area (Å²) in [6, 6.07) is 141. The first kappa shape index (κ1) is 70.7. The molecule has 120 heavy (non-hydrogen) atoms. The Hall–Kier alpha value is -17.2. The molecule has 0 atom stereocenters. The molecular weight excluding hydrogens is 1470 g/mol. The zero-order chi connectivity index (χ0) is 80.3. The van der Waals surface area contributed by atoms with Crippen molar-refractivity contribution in [3.8, 4) is 137 Å². The van der Waals surface area contributed by atoms with E-state index < -0.39 is 0 Å². The third-order valence-corrected chi connectivity index (χ3v) is 22.8. The monoisotopic (exact) mass is 1530 g/mol. The molecule has 0 amide bonds. The predicted octanol–water partition coefficient (Wildman–Crippen LogP) is 26.2. The van der Waals surface area contributed by atoms with Crippen molar-refractivity contribution in [3.63, 3.8) is 0 Å². The molecule has 0 fully saturated rings. The van der Waals surface area contributed by atoms with E-state index >= 15 is 0 Å². The molecule has 0 saturated heterocycles. The maximum absolute atomic E-state index is 11.0. The van der Waals surface area contributed by atoms with Crippen LogP contribution in [-0.4, -0.2) is 38.2 Å². The van der Waals surface area contributed by atoms with Gasteiger partial charge in [0.1, 0.15) is 23.3 Å². The van der Waals surface area contributed by atoms with E-state index in [9.17, 15) is 21.0 Å². The smallest absolute Gasteiger partial charge is 0.160 e. The fourth-order valence-electron chi connectivity index (χ4n) is 17.6. The average molecular weight is 1530 g/mol. The summed E-state index contributed by atoms with van der Waals surface area (Å²) in [5.41, 5.74) is 24.9. The largest absolute Gasteiger partial charge is 0.309 e. The van der Waals surface area contributed by atoms with Crippen LogP contribution in [0.5, 0.6) is 0 Å². The quantitative estimate of drug-likeness (QED) is 0.117. The topological polar surface area (TPSA) is 166 Å².